The minimum absolute atomic E-state index is 0.0265. The summed E-state index contributed by atoms with van der Waals surface area (Å²) in [7, 11) is -33.1. The number of nitrogens with two attached hydrogens (primary N) is 5. The van der Waals surface area contributed by atoms with E-state index in [1.165, 1.54) is 33.8 Å². The number of phosphoric acid groups is 6. The molecule has 9 aromatic heterocycles. The van der Waals surface area contributed by atoms with E-state index in [1.807, 2.05) is 4.98 Å². The molecule has 0 aliphatic carbocycles. The Morgan fingerprint density at radius 1 is 0.403 bits per heavy atom. The fraction of sp³-hybridized carbons (Fsp3) is 0.526. The van der Waals surface area contributed by atoms with Gasteiger partial charge in [-0.15, -0.1) is 0 Å². The monoisotopic (exact) mass is 1940 g/mol. The van der Waals surface area contributed by atoms with Crippen LogP contribution in [-0.4, -0.2) is 239 Å². The van der Waals surface area contributed by atoms with Gasteiger partial charge in [0.2, 0.25) is 11.9 Å². The zero-order valence-corrected chi connectivity index (χ0v) is 69.6. The summed E-state index contributed by atoms with van der Waals surface area (Å²) < 4.78 is 185. The van der Waals surface area contributed by atoms with Crippen LogP contribution in [-0.2, 0) is 106 Å². The average molecular weight is 1940 g/mol. The molecule has 0 radical (unpaired) electrons. The summed E-state index contributed by atoms with van der Waals surface area (Å²) in [5.74, 6) is -1.19. The molecule has 67 heteroatoms. The van der Waals surface area contributed by atoms with E-state index < -0.39 is 269 Å². The first kappa shape index (κ1) is 90.3. The zero-order chi connectivity index (χ0) is 88.6. The fourth-order valence-corrected chi connectivity index (χ4v) is 19.9. The number of nitrogen functional groups attached to an aromatic ring is 5. The molecule has 21 N–H and O–H groups in total. The smallest absolute Gasteiger partial charge is 0.394 e. The number of nitrogens with one attached hydrogen (secondary N) is 3. The number of anilines is 5. The number of aliphatic hydroxyl groups excluding tert-OH is 1. The normalized spacial score (nSPS) is 29.2. The van der Waals surface area contributed by atoms with Gasteiger partial charge in [0.1, 0.15) is 134 Å². The largest absolute Gasteiger partial charge is 0.472 e. The van der Waals surface area contributed by atoms with Gasteiger partial charge in [0.25, 0.3) is 16.7 Å². The molecule has 6 aliphatic rings. The maximum Gasteiger partial charge on any atom is 0.472 e. The third kappa shape index (κ3) is 20.6. The van der Waals surface area contributed by atoms with E-state index >= 15 is 0 Å². The molecule has 0 bridgehead atoms. The van der Waals surface area contributed by atoms with Crippen molar-refractivity contribution >= 4 is 126 Å². The molecule has 0 amide bonds. The minimum atomic E-state index is -5.69. The molecular weight excluding hydrogens is 1860 g/mol. The Hall–Kier alpha value is -8.45. The van der Waals surface area contributed by atoms with Gasteiger partial charge in [-0.1, -0.05) is 0 Å². The Morgan fingerprint density at radius 2 is 0.726 bits per heavy atom. The van der Waals surface area contributed by atoms with Gasteiger partial charge in [0.15, 0.2) is 33.8 Å². The van der Waals surface area contributed by atoms with Crippen molar-refractivity contribution in [3.63, 3.8) is 0 Å². The van der Waals surface area contributed by atoms with Crippen LogP contribution in [0.4, 0.5) is 29.4 Å². The first-order valence-electron chi connectivity index (χ1n) is 36.1. The van der Waals surface area contributed by atoms with Crippen molar-refractivity contribution in [2.45, 2.75) is 149 Å². The molecule has 6 aliphatic heterocycles. The van der Waals surface area contributed by atoms with Gasteiger partial charge in [-0.3, -0.25) is 106 Å². The molecule has 0 aromatic carbocycles. The van der Waals surface area contributed by atoms with Gasteiger partial charge in [-0.25, -0.2) is 66.7 Å². The van der Waals surface area contributed by atoms with Crippen LogP contribution >= 0.6 is 62.9 Å². The molecule has 674 valence electrons. The number of H-pyrrole nitrogens is 3. The molecule has 15 rings (SSSR count). The van der Waals surface area contributed by atoms with Crippen molar-refractivity contribution in [1.82, 2.24) is 87.2 Å². The molecule has 6 saturated heterocycles. The first-order chi connectivity index (χ1) is 58.5. The summed E-state index contributed by atoms with van der Waals surface area (Å²) in [5.41, 5.74) is 22.7. The SMILES string of the molecule is Nc1ccn([C@H]2C[C@H](OP(=O)(O)O)[C@@H](COP(=O)(O)O[C@H]3C[C@H](n4cnc5c(=O)[nH]c(N)nc54)O[C@@H]3COP(=O)(O)O[C@H]3C[C@H](n4cc(Br)c(=O)[nH]c4=O)O[C@@H]3COP(=O)(O)O[C@H]3C[C@H](n4cnc5c(N)ncnc54)O[C@@H]3COP(=O)(O)O[C@H]3C[C@H](n4cnc5c(=O)[nH]c(N)nc54)O[C@@H]3COP(=O)(O)O[C@H]3C[C@H](n4ccc(N)nc4=O)O[C@@H]3CO)O2)c(=O)n1. The molecule has 9 aromatic rings. The van der Waals surface area contributed by atoms with Gasteiger partial charge in [0, 0.05) is 57.1 Å². The van der Waals surface area contributed by atoms with Gasteiger partial charge >= 0.3 is 64.0 Å². The second-order valence-electron chi connectivity index (χ2n) is 27.9. The Morgan fingerprint density at radius 3 is 1.08 bits per heavy atom. The number of hydrogen-bond acceptors (Lipinski definition) is 44. The van der Waals surface area contributed by atoms with E-state index in [2.05, 4.69) is 70.8 Å². The van der Waals surface area contributed by atoms with Crippen LogP contribution < -0.4 is 62.4 Å². The second kappa shape index (κ2) is 35.6. The van der Waals surface area contributed by atoms with Crippen LogP contribution in [0, 0.1) is 0 Å². The van der Waals surface area contributed by atoms with E-state index in [-0.39, 0.29) is 67.8 Å². The summed E-state index contributed by atoms with van der Waals surface area (Å²) in [6.45, 7) is -6.29. The average Bonchev–Trinajstić information content (AvgIpc) is 1.64. The highest BCUT2D eigenvalue weighted by Gasteiger charge is 2.52. The first-order valence-corrected chi connectivity index (χ1v) is 45.9. The van der Waals surface area contributed by atoms with E-state index in [1.54, 1.807) is 0 Å². The van der Waals surface area contributed by atoms with Crippen molar-refractivity contribution in [3.8, 4) is 0 Å². The summed E-state index contributed by atoms with van der Waals surface area (Å²) in [4.78, 5) is 196. The highest BCUT2D eigenvalue weighted by molar-refractivity contribution is 9.10. The lowest BCUT2D eigenvalue weighted by Gasteiger charge is -2.26. The van der Waals surface area contributed by atoms with E-state index in [9.17, 15) is 95.5 Å². The van der Waals surface area contributed by atoms with Crippen molar-refractivity contribution in [3.05, 3.63) is 123 Å². The third-order valence-corrected chi connectivity index (χ3v) is 25.8. The standard InChI is InChI=1S/C57H72BrN23O37P6/c58-22-11-78(57(88)75-50(22)83)39-7-25(115-122(96,97)106-17-34-28(10-42(112-34)81-21-68-45-49(81)72-54(63)74-52(45)85)117-121(94,95)102-13-30-24(113-119(89,90)91)6-38(108-30)77-4-2-36(60)70-56(77)87)31(109-39)14-104-123(98,99)116-26-8-40(79-19-66-43-46(61)64-18-65-47(43)79)110-32(26)15-105-124(100,101)118-27-9-41(80-20-67-44-48(80)71-53(62)73-51(44)84)111-33(27)16-103-120(92,93)114-23-5-37(107-29(23)12-82)76-3-1-35(59)69-55(76)86/h1-4,11,18-21,23-34,37-42,82H,5-10,12-17H2,(H,92,93)(H,94,95)(H,96,97)(H,98,99)(H,100,101)(H2,59,69,86)(H2,60,70,87)(H2,61,64,65)(H,75,83,88)(H2,89,90,91)(H3,62,71,73,84)(H3,63,72,74,85)/t23-,24-,25-,26-,27-,28-,29+,30+,31+,32+,33+,34+,37+,38+,39+,40+,41+,42+/m0/s1. The fourth-order valence-electron chi connectivity index (χ4n) is 14.2. The number of imidazole rings is 3. The quantitative estimate of drug-likeness (QED) is 0.0186. The summed E-state index contributed by atoms with van der Waals surface area (Å²) in [5, 5.41) is 10.2. The van der Waals surface area contributed by atoms with Crippen molar-refractivity contribution in [1.29, 1.82) is 0 Å². The third-order valence-electron chi connectivity index (χ3n) is 19.7. The lowest BCUT2D eigenvalue weighted by atomic mass is 10.2. The van der Waals surface area contributed by atoms with Crippen molar-refractivity contribution in [2.75, 3.05) is 68.3 Å². The number of aliphatic hydroxyl groups is 1. The van der Waals surface area contributed by atoms with Crippen molar-refractivity contribution < 1.29 is 145 Å². The van der Waals surface area contributed by atoms with E-state index in [0.717, 1.165) is 49.6 Å². The Kier molecular flexibility index (Phi) is 26.0. The molecule has 6 fully saturated rings. The topological polar surface area (TPSA) is 847 Å². The van der Waals surface area contributed by atoms with Gasteiger partial charge in [-0.05, 0) is 28.1 Å². The highest BCUT2D eigenvalue weighted by atomic mass is 79.9. The molecule has 0 spiro atoms. The Labute approximate surface area is 695 Å². The molecule has 124 heavy (non-hydrogen) atoms. The molecule has 15 heterocycles. The summed E-state index contributed by atoms with van der Waals surface area (Å²) >= 11 is 3.01. The second-order valence-corrected chi connectivity index (χ2v) is 37.0. The predicted molar refractivity (Wildman–Crippen MR) is 408 cm³/mol. The number of fused-ring (bicyclic) bond motifs is 3. The molecule has 60 nitrogen and oxygen atoms in total. The maximum atomic E-state index is 14.5. The van der Waals surface area contributed by atoms with Crippen LogP contribution in [0.2, 0.25) is 0 Å². The van der Waals surface area contributed by atoms with Crippen LogP contribution in [0.5, 0.6) is 0 Å². The van der Waals surface area contributed by atoms with Crippen LogP contribution in [0.25, 0.3) is 33.5 Å². The van der Waals surface area contributed by atoms with Crippen LogP contribution in [0.15, 0.2) is 89.3 Å². The number of halogens is 1. The molecular formula is C57H72BrN23O37P6. The number of hydrogen-bond donors (Lipinski definition) is 16. The number of phosphoric ester groups is 6. The summed E-state index contributed by atoms with van der Waals surface area (Å²) in [6, 6.07) is 2.48. The van der Waals surface area contributed by atoms with E-state index in [0.29, 0.717) is 0 Å². The number of nitrogens with zero attached hydrogens (tertiary/aromatic N) is 15. The Bertz CT molecular complexity index is 6230. The van der Waals surface area contributed by atoms with Gasteiger partial charge in [0.05, 0.1) is 63.1 Å². The predicted octanol–water partition coefficient (Wildman–Crippen LogP) is -2.46. The van der Waals surface area contributed by atoms with Gasteiger partial charge in [-0.2, -0.15) is 19.9 Å². The number of aromatic amines is 3. The number of ether oxygens (including phenoxy) is 6. The number of rotatable bonds is 34. The molecule has 0 saturated carbocycles. The van der Waals surface area contributed by atoms with Gasteiger partial charge < -0.3 is 96.4 Å². The lowest BCUT2D eigenvalue weighted by molar-refractivity contribution is -0.0645. The maximum absolute atomic E-state index is 14.5. The van der Waals surface area contributed by atoms with Crippen LogP contribution in [0.1, 0.15) is 75.9 Å². The van der Waals surface area contributed by atoms with Crippen LogP contribution in [0.3, 0.4) is 0 Å². The lowest BCUT2D eigenvalue weighted by Crippen LogP contribution is -2.33. The zero-order valence-electron chi connectivity index (χ0n) is 62.6. The molecule has 23 atom stereocenters. The van der Waals surface area contributed by atoms with Crippen molar-refractivity contribution in [2.24, 2.45) is 0 Å². The summed E-state index contributed by atoms with van der Waals surface area (Å²) in [6.07, 6.45) is -23.8. The highest BCUT2D eigenvalue weighted by Crippen LogP contribution is 2.57. The van der Waals surface area contributed by atoms with E-state index in [4.69, 9.17) is 107 Å². The molecule has 5 unspecified atom stereocenters. The number of aromatic nitrogens is 18. The Balaban J connectivity index is 0.645. The minimum Gasteiger partial charge on any atom is -0.394 e.